The summed E-state index contributed by atoms with van der Waals surface area (Å²) in [5.74, 6) is 0.610. The first-order chi connectivity index (χ1) is 6.82. The molecule has 1 saturated heterocycles. The number of rotatable bonds is 2. The quantitative estimate of drug-likeness (QED) is 0.761. The molecule has 0 aromatic carbocycles. The maximum atomic E-state index is 12.7. The van der Waals surface area contributed by atoms with Crippen LogP contribution in [0.1, 0.15) is 6.92 Å². The zero-order valence-electron chi connectivity index (χ0n) is 8.46. The van der Waals surface area contributed by atoms with Crippen LogP contribution in [0.2, 0.25) is 0 Å². The molecule has 0 amide bonds. The van der Waals surface area contributed by atoms with Crippen molar-refractivity contribution < 1.29 is 17.4 Å². The Morgan fingerprint density at radius 1 is 1.33 bits per heavy atom. The van der Waals surface area contributed by atoms with Crippen molar-refractivity contribution in [2.75, 3.05) is 24.6 Å². The summed E-state index contributed by atoms with van der Waals surface area (Å²) in [7, 11) is -0.967. The second-order valence-electron chi connectivity index (χ2n) is 3.73. The maximum absolute atomic E-state index is 12.7. The first-order valence-electron chi connectivity index (χ1n) is 4.73. The second kappa shape index (κ2) is 4.80. The Labute approximate surface area is 89.3 Å². The Morgan fingerprint density at radius 2 is 1.80 bits per heavy atom. The van der Waals surface area contributed by atoms with Crippen LogP contribution in [0.25, 0.3) is 0 Å². The van der Waals surface area contributed by atoms with E-state index >= 15 is 0 Å². The summed E-state index contributed by atoms with van der Waals surface area (Å²) in [6.45, 7) is 1.76. The van der Waals surface area contributed by atoms with Gasteiger partial charge >= 0.3 is 6.18 Å². The molecule has 0 spiro atoms. The predicted octanol–water partition coefficient (Wildman–Crippen LogP) is 0.329. The van der Waals surface area contributed by atoms with Crippen molar-refractivity contribution in [2.45, 2.75) is 25.2 Å². The van der Waals surface area contributed by atoms with Gasteiger partial charge < -0.3 is 5.73 Å². The fourth-order valence-electron chi connectivity index (χ4n) is 1.77. The molecule has 2 atom stereocenters. The number of halogens is 3. The Bertz CT molecular complexity index is 235. The molecule has 2 unspecified atom stereocenters. The molecule has 90 valence electrons. The molecule has 0 aromatic rings. The summed E-state index contributed by atoms with van der Waals surface area (Å²) in [4.78, 5) is 1.28. The van der Waals surface area contributed by atoms with Gasteiger partial charge in [-0.2, -0.15) is 13.2 Å². The van der Waals surface area contributed by atoms with Crippen molar-refractivity contribution in [3.63, 3.8) is 0 Å². The van der Waals surface area contributed by atoms with E-state index in [1.54, 1.807) is 0 Å². The summed E-state index contributed by atoms with van der Waals surface area (Å²) in [6.07, 6.45) is -4.31. The van der Waals surface area contributed by atoms with Crippen LogP contribution in [0.5, 0.6) is 0 Å². The molecule has 1 fully saturated rings. The van der Waals surface area contributed by atoms with Gasteiger partial charge in [-0.1, -0.05) is 0 Å². The third-order valence-corrected chi connectivity index (χ3v) is 3.71. The van der Waals surface area contributed by atoms with Gasteiger partial charge in [0.25, 0.3) is 0 Å². The lowest BCUT2D eigenvalue weighted by Gasteiger charge is -2.37. The highest BCUT2D eigenvalue weighted by Gasteiger charge is 2.46. The Kier molecular flexibility index (Phi) is 4.13. The largest absolute Gasteiger partial charge is 0.405 e. The third-order valence-electron chi connectivity index (χ3n) is 2.44. The molecule has 1 aliphatic heterocycles. The van der Waals surface area contributed by atoms with Crippen LogP contribution >= 0.6 is 0 Å². The van der Waals surface area contributed by atoms with Crippen LogP contribution in [0.15, 0.2) is 0 Å². The Morgan fingerprint density at radius 3 is 2.13 bits per heavy atom. The van der Waals surface area contributed by atoms with Gasteiger partial charge in [0, 0.05) is 41.4 Å². The molecule has 3 nitrogen and oxygen atoms in total. The minimum absolute atomic E-state index is 0.207. The SMILES string of the molecule is CC(N)C(N1CCS(=O)CC1)C(F)(F)F. The first-order valence-corrected chi connectivity index (χ1v) is 6.22. The summed E-state index contributed by atoms with van der Waals surface area (Å²) in [5, 5.41) is 0. The van der Waals surface area contributed by atoms with Gasteiger partial charge in [0.1, 0.15) is 6.04 Å². The van der Waals surface area contributed by atoms with E-state index in [0.717, 1.165) is 0 Å². The number of hydrogen-bond donors (Lipinski definition) is 1. The van der Waals surface area contributed by atoms with Gasteiger partial charge in [0.05, 0.1) is 0 Å². The summed E-state index contributed by atoms with van der Waals surface area (Å²) in [6, 6.07) is -2.58. The highest BCUT2D eigenvalue weighted by molar-refractivity contribution is 7.85. The topological polar surface area (TPSA) is 46.3 Å². The lowest BCUT2D eigenvalue weighted by molar-refractivity contribution is -0.187. The normalized spacial score (nSPS) is 25.1. The molecule has 0 bridgehead atoms. The average Bonchev–Trinajstić information content (AvgIpc) is 2.05. The summed E-state index contributed by atoms with van der Waals surface area (Å²) >= 11 is 0. The highest BCUT2D eigenvalue weighted by Crippen LogP contribution is 2.27. The molecule has 0 aliphatic carbocycles. The number of nitrogens with zero attached hydrogens (tertiary/aromatic N) is 1. The van der Waals surface area contributed by atoms with Crippen molar-refractivity contribution >= 4 is 10.8 Å². The van der Waals surface area contributed by atoms with Gasteiger partial charge in [-0.05, 0) is 6.92 Å². The zero-order chi connectivity index (χ0) is 11.6. The molecular formula is C8H15F3N2OS. The van der Waals surface area contributed by atoms with E-state index in [0.29, 0.717) is 11.5 Å². The van der Waals surface area contributed by atoms with E-state index in [9.17, 15) is 17.4 Å². The fraction of sp³-hybridized carbons (Fsp3) is 1.00. The van der Waals surface area contributed by atoms with Crippen LogP contribution < -0.4 is 5.73 Å². The Balaban J connectivity index is 2.69. The van der Waals surface area contributed by atoms with Crippen molar-refractivity contribution in [3.8, 4) is 0 Å². The van der Waals surface area contributed by atoms with E-state index in [1.165, 1.54) is 11.8 Å². The molecule has 15 heavy (non-hydrogen) atoms. The standard InChI is InChI=1S/C8H15F3N2OS/c1-6(12)7(8(9,10)11)13-2-4-15(14)5-3-13/h6-7H,2-5,12H2,1H3. The van der Waals surface area contributed by atoms with E-state index in [1.807, 2.05) is 0 Å². The van der Waals surface area contributed by atoms with Crippen molar-refractivity contribution in [1.29, 1.82) is 0 Å². The average molecular weight is 244 g/mol. The van der Waals surface area contributed by atoms with Crippen LogP contribution in [0, 0.1) is 0 Å². The second-order valence-corrected chi connectivity index (χ2v) is 5.43. The number of nitrogens with two attached hydrogens (primary N) is 1. The lowest BCUT2D eigenvalue weighted by Crippen LogP contribution is -2.58. The summed E-state index contributed by atoms with van der Waals surface area (Å²) in [5.41, 5.74) is 5.35. The molecule has 1 rings (SSSR count). The molecule has 0 aromatic heterocycles. The first kappa shape index (κ1) is 12.9. The van der Waals surface area contributed by atoms with Crippen LogP contribution in [0.3, 0.4) is 0 Å². The molecule has 1 aliphatic rings. The van der Waals surface area contributed by atoms with Gasteiger partial charge in [0.15, 0.2) is 0 Å². The van der Waals surface area contributed by atoms with E-state index in [4.69, 9.17) is 5.73 Å². The highest BCUT2D eigenvalue weighted by atomic mass is 32.2. The smallest absolute Gasteiger partial charge is 0.326 e. The van der Waals surface area contributed by atoms with Crippen LogP contribution in [0.4, 0.5) is 13.2 Å². The van der Waals surface area contributed by atoms with Crippen LogP contribution in [-0.2, 0) is 10.8 Å². The minimum atomic E-state index is -4.31. The Hall–Kier alpha value is -0.140. The monoisotopic (exact) mass is 244 g/mol. The van der Waals surface area contributed by atoms with Gasteiger partial charge in [0.2, 0.25) is 0 Å². The molecule has 0 saturated carbocycles. The molecular weight excluding hydrogens is 229 g/mol. The van der Waals surface area contributed by atoms with Crippen molar-refractivity contribution in [1.82, 2.24) is 4.90 Å². The molecule has 7 heteroatoms. The van der Waals surface area contributed by atoms with E-state index in [-0.39, 0.29) is 13.1 Å². The zero-order valence-corrected chi connectivity index (χ0v) is 9.27. The lowest BCUT2D eigenvalue weighted by atomic mass is 10.1. The molecule has 1 heterocycles. The van der Waals surface area contributed by atoms with Gasteiger partial charge in [-0.25, -0.2) is 0 Å². The van der Waals surface area contributed by atoms with Gasteiger partial charge in [-0.15, -0.1) is 0 Å². The van der Waals surface area contributed by atoms with E-state index < -0.39 is 29.1 Å². The molecule has 0 radical (unpaired) electrons. The predicted molar refractivity (Wildman–Crippen MR) is 52.9 cm³/mol. The number of hydrogen-bond acceptors (Lipinski definition) is 3. The van der Waals surface area contributed by atoms with E-state index in [2.05, 4.69) is 0 Å². The van der Waals surface area contributed by atoms with Crippen molar-refractivity contribution in [3.05, 3.63) is 0 Å². The maximum Gasteiger partial charge on any atom is 0.405 e. The number of alkyl halides is 3. The minimum Gasteiger partial charge on any atom is -0.326 e. The van der Waals surface area contributed by atoms with Crippen LogP contribution in [-0.4, -0.2) is 52.0 Å². The van der Waals surface area contributed by atoms with Crippen molar-refractivity contribution in [2.24, 2.45) is 5.73 Å². The van der Waals surface area contributed by atoms with Gasteiger partial charge in [-0.3, -0.25) is 9.11 Å². The fourth-order valence-corrected chi connectivity index (χ4v) is 2.85. The molecule has 2 N–H and O–H groups in total. The third kappa shape index (κ3) is 3.42. The summed E-state index contributed by atoms with van der Waals surface area (Å²) < 4.78 is 49.0.